The number of Topliss-reactive ketones (excluding diaryl/α,β-unsaturated/α-hetero) is 1. The molecule has 0 spiro atoms. The van der Waals surface area contributed by atoms with E-state index in [2.05, 4.69) is 24.0 Å². The average molecular weight is 420 g/mol. The van der Waals surface area contributed by atoms with Gasteiger partial charge >= 0.3 is 5.91 Å². The van der Waals surface area contributed by atoms with Crippen molar-refractivity contribution in [3.8, 4) is 0 Å². The summed E-state index contributed by atoms with van der Waals surface area (Å²) in [5.74, 6) is -1.31. The molecule has 0 unspecified atom stereocenters. The van der Waals surface area contributed by atoms with E-state index >= 15 is 0 Å². The van der Waals surface area contributed by atoms with Crippen LogP contribution in [0.25, 0.3) is 5.76 Å². The first-order chi connectivity index (χ1) is 14.4. The quantitative estimate of drug-likeness (QED) is 0.380. The number of ketones is 1. The first kappa shape index (κ1) is 20.0. The Morgan fingerprint density at radius 3 is 2.27 bits per heavy atom. The third kappa shape index (κ3) is 3.41. The maximum absolute atomic E-state index is 13.0. The summed E-state index contributed by atoms with van der Waals surface area (Å²) in [4.78, 5) is 27.3. The summed E-state index contributed by atoms with van der Waals surface area (Å²) in [5, 5.41) is 20.1. The van der Waals surface area contributed by atoms with Crippen molar-refractivity contribution >= 4 is 33.9 Å². The summed E-state index contributed by atoms with van der Waals surface area (Å²) in [6, 6.07) is 15.7. The highest BCUT2D eigenvalue weighted by Gasteiger charge is 2.48. The number of hydrogen-bond acceptors (Lipinski definition) is 6. The van der Waals surface area contributed by atoms with E-state index in [1.807, 2.05) is 30.3 Å². The van der Waals surface area contributed by atoms with Gasteiger partial charge in [0, 0.05) is 5.56 Å². The topological polar surface area (TPSA) is 83.4 Å². The number of carbonyl (C=O) groups excluding carboxylic acids is 2. The second kappa shape index (κ2) is 7.84. The predicted octanol–water partition coefficient (Wildman–Crippen LogP) is 4.60. The maximum atomic E-state index is 13.0. The summed E-state index contributed by atoms with van der Waals surface area (Å²) < 4.78 is 0. The minimum Gasteiger partial charge on any atom is -0.507 e. The Bertz CT molecular complexity index is 1130. The Kier molecular flexibility index (Phi) is 5.22. The number of carbonyl (C=O) groups is 2. The van der Waals surface area contributed by atoms with E-state index in [1.165, 1.54) is 16.2 Å². The van der Waals surface area contributed by atoms with Crippen LogP contribution >= 0.6 is 11.3 Å². The summed E-state index contributed by atoms with van der Waals surface area (Å²) in [7, 11) is 0. The van der Waals surface area contributed by atoms with Crippen molar-refractivity contribution in [1.82, 2.24) is 10.2 Å². The van der Waals surface area contributed by atoms with E-state index in [4.69, 9.17) is 0 Å². The van der Waals surface area contributed by atoms with Gasteiger partial charge in [0.1, 0.15) is 10.8 Å². The number of anilines is 1. The van der Waals surface area contributed by atoms with Gasteiger partial charge in [0.25, 0.3) is 5.78 Å². The third-order valence-corrected chi connectivity index (χ3v) is 5.97. The van der Waals surface area contributed by atoms with Gasteiger partial charge < -0.3 is 5.11 Å². The predicted molar refractivity (Wildman–Crippen MR) is 116 cm³/mol. The lowest BCUT2D eigenvalue weighted by molar-refractivity contribution is -0.132. The highest BCUT2D eigenvalue weighted by Crippen LogP contribution is 2.43. The summed E-state index contributed by atoms with van der Waals surface area (Å²) in [5.41, 5.74) is 2.40. The molecule has 6 nitrogen and oxygen atoms in total. The molecule has 1 aliphatic heterocycles. The Morgan fingerprint density at radius 2 is 1.70 bits per heavy atom. The van der Waals surface area contributed by atoms with Crippen molar-refractivity contribution in [2.45, 2.75) is 32.7 Å². The van der Waals surface area contributed by atoms with E-state index in [9.17, 15) is 14.7 Å². The zero-order valence-electron chi connectivity index (χ0n) is 16.9. The molecule has 2 heterocycles. The van der Waals surface area contributed by atoms with Crippen LogP contribution in [0.4, 0.5) is 5.13 Å². The molecule has 1 atom stereocenters. The number of rotatable bonds is 4. The monoisotopic (exact) mass is 419 g/mol. The first-order valence-electron chi connectivity index (χ1n) is 9.65. The van der Waals surface area contributed by atoms with Crippen molar-refractivity contribution in [1.29, 1.82) is 0 Å². The number of aromatic nitrogens is 2. The van der Waals surface area contributed by atoms with E-state index in [1.54, 1.807) is 31.2 Å². The Morgan fingerprint density at radius 1 is 1.03 bits per heavy atom. The lowest BCUT2D eigenvalue weighted by Gasteiger charge is -2.23. The molecular formula is C23H21N3O3S. The second-order valence-electron chi connectivity index (χ2n) is 7.46. The molecule has 3 aromatic rings. The highest BCUT2D eigenvalue weighted by atomic mass is 32.1. The van der Waals surface area contributed by atoms with E-state index < -0.39 is 17.7 Å². The fourth-order valence-electron chi connectivity index (χ4n) is 3.54. The molecule has 1 fully saturated rings. The van der Waals surface area contributed by atoms with Crippen molar-refractivity contribution in [3.63, 3.8) is 0 Å². The molecule has 4 rings (SSSR count). The maximum Gasteiger partial charge on any atom is 0.301 e. The van der Waals surface area contributed by atoms with Gasteiger partial charge in [0.2, 0.25) is 5.13 Å². The normalized spacial score (nSPS) is 18.4. The number of aliphatic hydroxyl groups excluding tert-OH is 1. The molecule has 1 aromatic heterocycles. The first-order valence-corrected chi connectivity index (χ1v) is 10.5. The van der Waals surface area contributed by atoms with Gasteiger partial charge in [-0.3, -0.25) is 14.5 Å². The standard InChI is InChI=1S/C23H21N3O3S/c1-13(2)15-9-11-16(12-10-15)19-18(20(27)17-7-5-4-6-8-17)21(28)22(29)26(19)23-25-24-14(3)30-23/h4-13,19,27H,1-3H3/t19-/m0/s1. The van der Waals surface area contributed by atoms with E-state index in [-0.39, 0.29) is 11.3 Å². The van der Waals surface area contributed by atoms with Crippen LogP contribution in [0.2, 0.25) is 0 Å². The lowest BCUT2D eigenvalue weighted by atomic mass is 9.93. The molecule has 0 saturated carbocycles. The molecular weight excluding hydrogens is 398 g/mol. The fourth-order valence-corrected chi connectivity index (χ4v) is 4.26. The van der Waals surface area contributed by atoms with Crippen molar-refractivity contribution in [3.05, 3.63) is 81.9 Å². The lowest BCUT2D eigenvalue weighted by Crippen LogP contribution is -2.29. The summed E-state index contributed by atoms with van der Waals surface area (Å²) in [6.07, 6.45) is 0. The number of aryl methyl sites for hydroxylation is 1. The van der Waals surface area contributed by atoms with Gasteiger partial charge in [-0.1, -0.05) is 79.8 Å². The average Bonchev–Trinajstić information content (AvgIpc) is 3.29. The summed E-state index contributed by atoms with van der Waals surface area (Å²) in [6.45, 7) is 5.98. The highest BCUT2D eigenvalue weighted by molar-refractivity contribution is 7.15. The van der Waals surface area contributed by atoms with Crippen LogP contribution in [0.15, 0.2) is 60.2 Å². The zero-order chi connectivity index (χ0) is 21.4. The number of nitrogens with zero attached hydrogens (tertiary/aromatic N) is 3. The second-order valence-corrected chi connectivity index (χ2v) is 8.62. The number of hydrogen-bond donors (Lipinski definition) is 1. The van der Waals surface area contributed by atoms with Gasteiger partial charge in [-0.2, -0.15) is 0 Å². The molecule has 1 aliphatic rings. The summed E-state index contributed by atoms with van der Waals surface area (Å²) >= 11 is 1.23. The van der Waals surface area contributed by atoms with Crippen LogP contribution in [0.3, 0.4) is 0 Å². The van der Waals surface area contributed by atoms with Crippen LogP contribution in [0.1, 0.15) is 47.5 Å². The smallest absolute Gasteiger partial charge is 0.301 e. The molecule has 30 heavy (non-hydrogen) atoms. The Balaban J connectivity index is 1.91. The van der Waals surface area contributed by atoms with Crippen LogP contribution in [-0.4, -0.2) is 27.0 Å². The van der Waals surface area contributed by atoms with Gasteiger partial charge in [0.15, 0.2) is 0 Å². The molecule has 1 saturated heterocycles. The number of aliphatic hydroxyl groups is 1. The van der Waals surface area contributed by atoms with Crippen LogP contribution < -0.4 is 4.90 Å². The molecule has 0 bridgehead atoms. The van der Waals surface area contributed by atoms with Gasteiger partial charge in [-0.05, 0) is 24.0 Å². The molecule has 0 radical (unpaired) electrons. The van der Waals surface area contributed by atoms with Crippen molar-refractivity contribution < 1.29 is 14.7 Å². The van der Waals surface area contributed by atoms with E-state index in [0.717, 1.165) is 11.1 Å². The zero-order valence-corrected chi connectivity index (χ0v) is 17.7. The van der Waals surface area contributed by atoms with Crippen LogP contribution in [0, 0.1) is 6.92 Å². The SMILES string of the molecule is Cc1nnc(N2C(=O)C(=O)C(=C(O)c3ccccc3)[C@@H]2c2ccc(C(C)C)cc2)s1. The van der Waals surface area contributed by atoms with Gasteiger partial charge in [-0.25, -0.2) is 0 Å². The third-order valence-electron chi connectivity index (χ3n) is 5.13. The van der Waals surface area contributed by atoms with Gasteiger partial charge in [0.05, 0.1) is 11.6 Å². The molecule has 0 aliphatic carbocycles. The number of amides is 1. The molecule has 152 valence electrons. The Hall–Kier alpha value is -3.32. The van der Waals surface area contributed by atoms with Crippen molar-refractivity contribution in [2.24, 2.45) is 0 Å². The van der Waals surface area contributed by atoms with Gasteiger partial charge in [-0.15, -0.1) is 10.2 Å². The largest absolute Gasteiger partial charge is 0.507 e. The minimum absolute atomic E-state index is 0.0522. The Labute approximate surface area is 178 Å². The molecule has 2 aromatic carbocycles. The van der Waals surface area contributed by atoms with Crippen molar-refractivity contribution in [2.75, 3.05) is 4.90 Å². The molecule has 1 amide bonds. The van der Waals surface area contributed by atoms with E-state index in [0.29, 0.717) is 21.6 Å². The van der Waals surface area contributed by atoms with Crippen LogP contribution in [-0.2, 0) is 9.59 Å². The molecule has 1 N–H and O–H groups in total. The number of benzene rings is 2. The minimum atomic E-state index is -0.779. The fraction of sp³-hybridized carbons (Fsp3) is 0.217. The van der Waals surface area contributed by atoms with Crippen LogP contribution in [0.5, 0.6) is 0 Å². The molecule has 7 heteroatoms.